The van der Waals surface area contributed by atoms with E-state index in [-0.39, 0.29) is 23.5 Å². The summed E-state index contributed by atoms with van der Waals surface area (Å²) >= 11 is 0. The summed E-state index contributed by atoms with van der Waals surface area (Å²) in [4.78, 5) is 31.2. The Kier molecular flexibility index (Phi) is 6.09. The molecule has 2 fully saturated rings. The quantitative estimate of drug-likeness (QED) is 0.652. The number of amides is 2. The number of carbonyl (C=O) groups is 2. The first kappa shape index (κ1) is 21.6. The largest absolute Gasteiger partial charge is 0.370 e. The molecule has 6 heteroatoms. The zero-order valence-corrected chi connectivity index (χ0v) is 18.7. The summed E-state index contributed by atoms with van der Waals surface area (Å²) in [5, 5.41) is 5.30. The summed E-state index contributed by atoms with van der Waals surface area (Å²) in [6.07, 6.45) is 5.66. The molecule has 1 spiro atoms. The molecule has 1 N–H and O–H groups in total. The van der Waals surface area contributed by atoms with E-state index in [1.807, 2.05) is 17.0 Å². The topological polar surface area (TPSA) is 71.5 Å². The molecule has 170 valence electrons. The van der Waals surface area contributed by atoms with Gasteiger partial charge in [0.2, 0.25) is 5.91 Å². The molecule has 1 atom stereocenters. The second-order valence-corrected chi connectivity index (χ2v) is 9.13. The van der Waals surface area contributed by atoms with Crippen LogP contribution < -0.4 is 5.32 Å². The SMILES string of the molecule is O=C(NC[C@H]1CCC2(CCN(C(=O)Cc3ccc4ccccc4c3)CC2)O1)c1ccccn1. The van der Waals surface area contributed by atoms with Crippen molar-refractivity contribution in [3.8, 4) is 0 Å². The number of pyridine rings is 1. The van der Waals surface area contributed by atoms with E-state index < -0.39 is 0 Å². The normalized spacial score (nSPS) is 19.6. The third kappa shape index (κ3) is 4.91. The molecule has 0 bridgehead atoms. The summed E-state index contributed by atoms with van der Waals surface area (Å²) < 4.78 is 6.40. The van der Waals surface area contributed by atoms with Gasteiger partial charge in [0.05, 0.1) is 18.1 Å². The molecule has 2 saturated heterocycles. The summed E-state index contributed by atoms with van der Waals surface area (Å²) in [5.74, 6) is 0.00607. The van der Waals surface area contributed by atoms with Crippen molar-refractivity contribution in [1.29, 1.82) is 0 Å². The maximum atomic E-state index is 12.9. The number of ether oxygens (including phenoxy) is 1. The maximum Gasteiger partial charge on any atom is 0.269 e. The maximum absolute atomic E-state index is 12.9. The number of benzene rings is 2. The molecule has 1 aromatic heterocycles. The number of hydrogen-bond donors (Lipinski definition) is 1. The van der Waals surface area contributed by atoms with E-state index in [0.717, 1.165) is 44.3 Å². The van der Waals surface area contributed by atoms with Crippen LogP contribution in [0.3, 0.4) is 0 Å². The van der Waals surface area contributed by atoms with E-state index in [1.165, 1.54) is 10.8 Å². The molecule has 0 unspecified atom stereocenters. The van der Waals surface area contributed by atoms with Crippen LogP contribution >= 0.6 is 0 Å². The van der Waals surface area contributed by atoms with E-state index in [0.29, 0.717) is 18.7 Å². The van der Waals surface area contributed by atoms with E-state index in [2.05, 4.69) is 40.6 Å². The number of carbonyl (C=O) groups excluding carboxylic acids is 2. The molecule has 2 aliphatic heterocycles. The van der Waals surface area contributed by atoms with Crippen molar-refractivity contribution in [1.82, 2.24) is 15.2 Å². The molecule has 0 saturated carbocycles. The average Bonchev–Trinajstić information content (AvgIpc) is 3.25. The van der Waals surface area contributed by atoms with Gasteiger partial charge in [-0.2, -0.15) is 0 Å². The molecule has 33 heavy (non-hydrogen) atoms. The van der Waals surface area contributed by atoms with Crippen LogP contribution in [0.2, 0.25) is 0 Å². The fourth-order valence-corrected chi connectivity index (χ4v) is 5.00. The Morgan fingerprint density at radius 2 is 1.79 bits per heavy atom. The minimum absolute atomic E-state index is 0.0116. The second-order valence-electron chi connectivity index (χ2n) is 9.13. The number of aromatic nitrogens is 1. The highest BCUT2D eigenvalue weighted by molar-refractivity contribution is 5.92. The standard InChI is InChI=1S/C27H29N3O3/c31-25(18-20-8-9-21-5-1-2-6-22(21)17-20)30-15-12-27(13-16-30)11-10-23(33-27)19-29-26(32)24-7-3-4-14-28-24/h1-9,14,17,23H,10-13,15-16,18-19H2,(H,29,32)/t23-/m1/s1. The molecule has 6 nitrogen and oxygen atoms in total. The van der Waals surface area contributed by atoms with Crippen LogP contribution in [0.4, 0.5) is 0 Å². The van der Waals surface area contributed by atoms with Gasteiger partial charge in [-0.1, -0.05) is 48.5 Å². The van der Waals surface area contributed by atoms with Gasteiger partial charge in [0.25, 0.3) is 5.91 Å². The molecular formula is C27H29N3O3. The minimum atomic E-state index is -0.172. The zero-order valence-electron chi connectivity index (χ0n) is 18.7. The van der Waals surface area contributed by atoms with E-state index >= 15 is 0 Å². The molecule has 3 aromatic rings. The van der Waals surface area contributed by atoms with Gasteiger partial charge in [0, 0.05) is 25.8 Å². The Balaban J connectivity index is 1.10. The van der Waals surface area contributed by atoms with E-state index in [9.17, 15) is 9.59 Å². The number of rotatable bonds is 5. The van der Waals surface area contributed by atoms with Crippen molar-refractivity contribution in [3.63, 3.8) is 0 Å². The smallest absolute Gasteiger partial charge is 0.269 e. The first-order valence-electron chi connectivity index (χ1n) is 11.7. The highest BCUT2D eigenvalue weighted by atomic mass is 16.5. The highest BCUT2D eigenvalue weighted by Crippen LogP contribution is 2.38. The molecular weight excluding hydrogens is 414 g/mol. The molecule has 3 heterocycles. The van der Waals surface area contributed by atoms with E-state index in [1.54, 1.807) is 24.4 Å². The van der Waals surface area contributed by atoms with Crippen molar-refractivity contribution in [2.24, 2.45) is 0 Å². The number of fused-ring (bicyclic) bond motifs is 1. The van der Waals surface area contributed by atoms with E-state index in [4.69, 9.17) is 4.74 Å². The lowest BCUT2D eigenvalue weighted by molar-refractivity contribution is -0.136. The lowest BCUT2D eigenvalue weighted by Gasteiger charge is -2.39. The fourth-order valence-electron chi connectivity index (χ4n) is 5.00. The number of nitrogens with zero attached hydrogens (tertiary/aromatic N) is 2. The average molecular weight is 444 g/mol. The number of likely N-dealkylation sites (tertiary alicyclic amines) is 1. The summed E-state index contributed by atoms with van der Waals surface area (Å²) in [7, 11) is 0. The van der Waals surface area contributed by atoms with Crippen LogP contribution in [0.5, 0.6) is 0 Å². The molecule has 0 aliphatic carbocycles. The first-order chi connectivity index (χ1) is 16.1. The Morgan fingerprint density at radius 1 is 1.00 bits per heavy atom. The predicted molar refractivity (Wildman–Crippen MR) is 127 cm³/mol. The van der Waals surface area contributed by atoms with Crippen LogP contribution in [0, 0.1) is 0 Å². The van der Waals surface area contributed by atoms with Crippen molar-refractivity contribution in [2.45, 2.75) is 43.8 Å². The van der Waals surface area contributed by atoms with Crippen molar-refractivity contribution >= 4 is 22.6 Å². The van der Waals surface area contributed by atoms with Gasteiger partial charge in [-0.05, 0) is 54.2 Å². The molecule has 0 radical (unpaired) electrons. The lowest BCUT2D eigenvalue weighted by atomic mass is 9.88. The number of hydrogen-bond acceptors (Lipinski definition) is 4. The van der Waals surface area contributed by atoms with Gasteiger partial charge in [-0.3, -0.25) is 14.6 Å². The van der Waals surface area contributed by atoms with Crippen molar-refractivity contribution in [2.75, 3.05) is 19.6 Å². The second kappa shape index (κ2) is 9.32. The monoisotopic (exact) mass is 443 g/mol. The van der Waals surface area contributed by atoms with Crippen molar-refractivity contribution < 1.29 is 14.3 Å². The van der Waals surface area contributed by atoms with Crippen LogP contribution in [-0.4, -0.2) is 53.0 Å². The van der Waals surface area contributed by atoms with Gasteiger partial charge in [-0.15, -0.1) is 0 Å². The summed E-state index contributed by atoms with van der Waals surface area (Å²) in [6.45, 7) is 1.93. The number of piperidine rings is 1. The zero-order chi connectivity index (χ0) is 22.7. The third-order valence-electron chi connectivity index (χ3n) is 6.92. The van der Waals surface area contributed by atoms with Gasteiger partial charge >= 0.3 is 0 Å². The fraction of sp³-hybridized carbons (Fsp3) is 0.370. The van der Waals surface area contributed by atoms with Gasteiger partial charge in [-0.25, -0.2) is 0 Å². The van der Waals surface area contributed by atoms with Gasteiger partial charge in [0.15, 0.2) is 0 Å². The van der Waals surface area contributed by atoms with Gasteiger partial charge < -0.3 is 15.0 Å². The Morgan fingerprint density at radius 3 is 2.58 bits per heavy atom. The lowest BCUT2D eigenvalue weighted by Crippen LogP contribution is -2.47. The molecule has 5 rings (SSSR count). The van der Waals surface area contributed by atoms with Crippen LogP contribution in [-0.2, 0) is 16.0 Å². The summed E-state index contributed by atoms with van der Waals surface area (Å²) in [6, 6.07) is 19.8. The number of nitrogens with one attached hydrogen (secondary N) is 1. The highest BCUT2D eigenvalue weighted by Gasteiger charge is 2.43. The minimum Gasteiger partial charge on any atom is -0.370 e. The third-order valence-corrected chi connectivity index (χ3v) is 6.92. The van der Waals surface area contributed by atoms with Crippen LogP contribution in [0.15, 0.2) is 66.9 Å². The Bertz CT molecular complexity index is 1140. The van der Waals surface area contributed by atoms with Crippen LogP contribution in [0.1, 0.15) is 41.7 Å². The molecule has 2 aromatic carbocycles. The Labute approximate surface area is 194 Å². The van der Waals surface area contributed by atoms with Gasteiger partial charge in [0.1, 0.15) is 5.69 Å². The molecule has 2 amide bonds. The molecule has 2 aliphatic rings. The van der Waals surface area contributed by atoms with Crippen LogP contribution in [0.25, 0.3) is 10.8 Å². The first-order valence-corrected chi connectivity index (χ1v) is 11.7. The summed E-state index contributed by atoms with van der Waals surface area (Å²) in [5.41, 5.74) is 1.31. The van der Waals surface area contributed by atoms with Crippen molar-refractivity contribution in [3.05, 3.63) is 78.1 Å². The predicted octanol–water partition coefficient (Wildman–Crippen LogP) is 3.75. The Hall–Kier alpha value is -3.25.